The van der Waals surface area contributed by atoms with Crippen molar-refractivity contribution < 1.29 is 4.79 Å². The minimum absolute atomic E-state index is 0.0835. The molecule has 3 heteroatoms. The van der Waals surface area contributed by atoms with Crippen LogP contribution in [0.3, 0.4) is 0 Å². The second-order valence-electron chi connectivity index (χ2n) is 4.66. The fourth-order valence-corrected chi connectivity index (χ4v) is 2.21. The number of likely N-dealkylation sites (tertiary alicyclic amines) is 1. The molecule has 1 amide bonds. The van der Waals surface area contributed by atoms with E-state index in [0.29, 0.717) is 11.6 Å². The van der Waals surface area contributed by atoms with E-state index in [1.54, 1.807) is 0 Å². The molecule has 1 rings (SSSR count). The molecule has 0 N–H and O–H groups in total. The molecule has 1 fully saturated rings. The van der Waals surface area contributed by atoms with Crippen molar-refractivity contribution in [2.45, 2.75) is 44.7 Å². The number of amides is 1. The third kappa shape index (κ3) is 4.11. The van der Waals surface area contributed by atoms with Crippen molar-refractivity contribution in [3.63, 3.8) is 0 Å². The van der Waals surface area contributed by atoms with Crippen LogP contribution in [0.25, 0.3) is 0 Å². The molecule has 1 aliphatic rings. The van der Waals surface area contributed by atoms with E-state index in [1.807, 2.05) is 4.90 Å². The van der Waals surface area contributed by atoms with Crippen LogP contribution in [0.15, 0.2) is 12.7 Å². The third-order valence-corrected chi connectivity index (χ3v) is 2.92. The molecule has 0 spiro atoms. The molecule has 1 aliphatic heterocycles. The van der Waals surface area contributed by atoms with E-state index in [1.165, 1.54) is 12.5 Å². The molecule has 0 saturated carbocycles. The van der Waals surface area contributed by atoms with Crippen LogP contribution in [-0.4, -0.2) is 31.2 Å². The van der Waals surface area contributed by atoms with E-state index in [-0.39, 0.29) is 5.91 Å². The summed E-state index contributed by atoms with van der Waals surface area (Å²) in [5, 5.41) is 0. The standard InChI is InChI=1S/C12H21BNO/c1-4-12(15)14-8-5-6-11(7-9-14)13-10(2)3/h4,10-11H,1,5-9H2,2-3H3. The van der Waals surface area contributed by atoms with Crippen LogP contribution < -0.4 is 0 Å². The second kappa shape index (κ2) is 5.99. The summed E-state index contributed by atoms with van der Waals surface area (Å²) in [6.07, 6.45) is 4.87. The average Bonchev–Trinajstić information content (AvgIpc) is 2.41. The van der Waals surface area contributed by atoms with Crippen LogP contribution >= 0.6 is 0 Å². The summed E-state index contributed by atoms with van der Waals surface area (Å²) in [5.41, 5.74) is 0. The van der Waals surface area contributed by atoms with Gasteiger partial charge in [-0.2, -0.15) is 0 Å². The molecule has 1 saturated heterocycles. The minimum atomic E-state index is 0.0835. The van der Waals surface area contributed by atoms with Crippen LogP contribution in [0.5, 0.6) is 0 Å². The average molecular weight is 206 g/mol. The molecule has 2 nitrogen and oxygen atoms in total. The summed E-state index contributed by atoms with van der Waals surface area (Å²) in [6, 6.07) is 0. The normalized spacial score (nSPS) is 22.3. The highest BCUT2D eigenvalue weighted by atomic mass is 16.2. The largest absolute Gasteiger partial charge is 0.339 e. The van der Waals surface area contributed by atoms with E-state index in [0.717, 1.165) is 25.9 Å². The van der Waals surface area contributed by atoms with Crippen molar-refractivity contribution >= 4 is 13.2 Å². The smallest absolute Gasteiger partial charge is 0.245 e. The molecule has 1 atom stereocenters. The first-order chi connectivity index (χ1) is 7.13. The fraction of sp³-hybridized carbons (Fsp3) is 0.750. The van der Waals surface area contributed by atoms with E-state index in [9.17, 15) is 4.79 Å². The van der Waals surface area contributed by atoms with Crippen molar-refractivity contribution in [3.8, 4) is 0 Å². The molecule has 1 heterocycles. The van der Waals surface area contributed by atoms with Crippen LogP contribution in [0, 0.1) is 0 Å². The number of hydrogen-bond donors (Lipinski definition) is 0. The lowest BCUT2D eigenvalue weighted by Crippen LogP contribution is -2.30. The number of carbonyl (C=O) groups is 1. The van der Waals surface area contributed by atoms with Gasteiger partial charge < -0.3 is 4.90 Å². The lowest BCUT2D eigenvalue weighted by molar-refractivity contribution is -0.125. The summed E-state index contributed by atoms with van der Waals surface area (Å²) in [7, 11) is 2.42. The van der Waals surface area contributed by atoms with Gasteiger partial charge in [-0.25, -0.2) is 0 Å². The molecule has 0 aromatic heterocycles. The minimum Gasteiger partial charge on any atom is -0.339 e. The molecule has 83 valence electrons. The molecule has 0 aromatic carbocycles. The topological polar surface area (TPSA) is 20.3 Å². The van der Waals surface area contributed by atoms with Gasteiger partial charge >= 0.3 is 0 Å². The Bertz CT molecular complexity index is 228. The number of hydrogen-bond acceptors (Lipinski definition) is 1. The van der Waals surface area contributed by atoms with E-state index >= 15 is 0 Å². The van der Waals surface area contributed by atoms with E-state index in [2.05, 4.69) is 27.7 Å². The molecule has 15 heavy (non-hydrogen) atoms. The number of nitrogens with zero attached hydrogens (tertiary/aromatic N) is 1. The quantitative estimate of drug-likeness (QED) is 0.513. The van der Waals surface area contributed by atoms with Crippen molar-refractivity contribution in [3.05, 3.63) is 12.7 Å². The first-order valence-corrected chi connectivity index (χ1v) is 5.89. The van der Waals surface area contributed by atoms with Gasteiger partial charge in [-0.15, -0.1) is 0 Å². The molecule has 0 aromatic rings. The van der Waals surface area contributed by atoms with Crippen molar-refractivity contribution in [1.82, 2.24) is 4.90 Å². The molecular weight excluding hydrogens is 185 g/mol. The van der Waals surface area contributed by atoms with Gasteiger partial charge in [0.25, 0.3) is 0 Å². The highest BCUT2D eigenvalue weighted by Crippen LogP contribution is 2.25. The first kappa shape index (κ1) is 12.3. The SMILES string of the molecule is C=CC(=O)N1CCCC([B]C(C)C)CC1. The monoisotopic (exact) mass is 206 g/mol. The zero-order valence-electron chi connectivity index (χ0n) is 9.91. The lowest BCUT2D eigenvalue weighted by atomic mass is 9.54. The zero-order valence-corrected chi connectivity index (χ0v) is 9.91. The maximum absolute atomic E-state index is 11.4. The molecule has 0 bridgehead atoms. The Hall–Kier alpha value is -0.725. The number of carbonyl (C=O) groups excluding carboxylic acids is 1. The van der Waals surface area contributed by atoms with Gasteiger partial charge in [0.05, 0.1) is 0 Å². The molecule has 1 unspecified atom stereocenters. The Morgan fingerprint density at radius 2 is 2.20 bits per heavy atom. The van der Waals surface area contributed by atoms with Crippen molar-refractivity contribution in [2.75, 3.05) is 13.1 Å². The summed E-state index contributed by atoms with van der Waals surface area (Å²) in [4.78, 5) is 13.4. The van der Waals surface area contributed by atoms with Crippen LogP contribution in [0.4, 0.5) is 0 Å². The molecular formula is C12H21BNO. The maximum atomic E-state index is 11.4. The first-order valence-electron chi connectivity index (χ1n) is 5.89. The maximum Gasteiger partial charge on any atom is 0.245 e. The Balaban J connectivity index is 2.41. The van der Waals surface area contributed by atoms with E-state index in [4.69, 9.17) is 0 Å². The lowest BCUT2D eigenvalue weighted by Gasteiger charge is -2.18. The van der Waals surface area contributed by atoms with Gasteiger partial charge in [-0.1, -0.05) is 38.5 Å². The summed E-state index contributed by atoms with van der Waals surface area (Å²) < 4.78 is 0. The highest BCUT2D eigenvalue weighted by Gasteiger charge is 2.20. The van der Waals surface area contributed by atoms with E-state index < -0.39 is 0 Å². The summed E-state index contributed by atoms with van der Waals surface area (Å²) in [6.45, 7) is 9.76. The third-order valence-electron chi connectivity index (χ3n) is 2.92. The van der Waals surface area contributed by atoms with Gasteiger partial charge in [0.15, 0.2) is 0 Å². The molecule has 1 radical (unpaired) electrons. The Kier molecular flexibility index (Phi) is 4.93. The Morgan fingerprint density at radius 1 is 1.47 bits per heavy atom. The van der Waals surface area contributed by atoms with Crippen LogP contribution in [0.1, 0.15) is 33.1 Å². The van der Waals surface area contributed by atoms with Gasteiger partial charge in [-0.3, -0.25) is 4.79 Å². The second-order valence-corrected chi connectivity index (χ2v) is 4.66. The summed E-state index contributed by atoms with van der Waals surface area (Å²) >= 11 is 0. The summed E-state index contributed by atoms with van der Waals surface area (Å²) in [5.74, 6) is 1.42. The van der Waals surface area contributed by atoms with Crippen LogP contribution in [-0.2, 0) is 4.79 Å². The highest BCUT2D eigenvalue weighted by molar-refractivity contribution is 6.39. The van der Waals surface area contributed by atoms with Crippen molar-refractivity contribution in [2.24, 2.45) is 0 Å². The zero-order chi connectivity index (χ0) is 11.3. The Labute approximate surface area is 94.0 Å². The van der Waals surface area contributed by atoms with Gasteiger partial charge in [0.2, 0.25) is 5.91 Å². The molecule has 0 aliphatic carbocycles. The predicted molar refractivity (Wildman–Crippen MR) is 65.2 cm³/mol. The van der Waals surface area contributed by atoms with Crippen molar-refractivity contribution in [1.29, 1.82) is 0 Å². The van der Waals surface area contributed by atoms with Crippen LogP contribution in [0.2, 0.25) is 11.6 Å². The number of rotatable bonds is 3. The van der Waals surface area contributed by atoms with Gasteiger partial charge in [0.1, 0.15) is 7.28 Å². The predicted octanol–water partition coefficient (Wildman–Crippen LogP) is 2.51. The Morgan fingerprint density at radius 3 is 2.80 bits per heavy atom. The fourth-order valence-electron chi connectivity index (χ4n) is 2.21. The van der Waals surface area contributed by atoms with Gasteiger partial charge in [-0.05, 0) is 18.9 Å². The van der Waals surface area contributed by atoms with Gasteiger partial charge in [0, 0.05) is 13.1 Å².